The van der Waals surface area contributed by atoms with Gasteiger partial charge in [0.25, 0.3) is 11.8 Å². The highest BCUT2D eigenvalue weighted by atomic mass is 16.5. The van der Waals surface area contributed by atoms with Gasteiger partial charge in [0.1, 0.15) is 23.3 Å². The maximum atomic E-state index is 13.2. The van der Waals surface area contributed by atoms with E-state index in [1.54, 1.807) is 11.1 Å². The van der Waals surface area contributed by atoms with Crippen molar-refractivity contribution in [3.63, 3.8) is 0 Å². The summed E-state index contributed by atoms with van der Waals surface area (Å²) in [5.41, 5.74) is 2.29. The molecule has 1 aliphatic rings. The van der Waals surface area contributed by atoms with Crippen LogP contribution in [0.4, 0.5) is 0 Å². The van der Waals surface area contributed by atoms with Crippen LogP contribution < -0.4 is 10.1 Å². The zero-order valence-electron chi connectivity index (χ0n) is 19.2. The summed E-state index contributed by atoms with van der Waals surface area (Å²) in [5.74, 6) is 0.938. The van der Waals surface area contributed by atoms with E-state index < -0.39 is 6.04 Å². The predicted molar refractivity (Wildman–Crippen MR) is 132 cm³/mol. The summed E-state index contributed by atoms with van der Waals surface area (Å²) in [5, 5.41) is 2.94. The summed E-state index contributed by atoms with van der Waals surface area (Å²) >= 11 is 0. The molecule has 0 bridgehead atoms. The van der Waals surface area contributed by atoms with Crippen molar-refractivity contribution < 1.29 is 14.3 Å². The van der Waals surface area contributed by atoms with Gasteiger partial charge in [-0.2, -0.15) is 0 Å². The second-order valence-corrected chi connectivity index (χ2v) is 8.35. The molecule has 176 valence electrons. The minimum absolute atomic E-state index is 0.0710. The van der Waals surface area contributed by atoms with E-state index in [1.807, 2.05) is 95.6 Å². The zero-order chi connectivity index (χ0) is 24.0. The Labute approximate surface area is 204 Å². The molecule has 0 radical (unpaired) electrons. The minimum Gasteiger partial charge on any atom is -0.484 e. The number of nitrogens with one attached hydrogen (secondary N) is 1. The molecule has 2 amide bonds. The van der Waals surface area contributed by atoms with Crippen LogP contribution in [0.15, 0.2) is 97.2 Å². The fourth-order valence-electron chi connectivity index (χ4n) is 4.27. The average molecular weight is 467 g/mol. The first-order chi connectivity index (χ1) is 17.2. The lowest BCUT2D eigenvalue weighted by atomic mass is 10.0. The number of hydrogen-bond acceptors (Lipinski definition) is 4. The van der Waals surface area contributed by atoms with Crippen molar-refractivity contribution in [3.8, 4) is 5.75 Å². The molecule has 1 aliphatic heterocycles. The van der Waals surface area contributed by atoms with Gasteiger partial charge in [-0.15, -0.1) is 0 Å². The third-order valence-corrected chi connectivity index (χ3v) is 6.02. The number of fused-ring (bicyclic) bond motifs is 1. The Morgan fingerprint density at radius 1 is 0.886 bits per heavy atom. The van der Waals surface area contributed by atoms with Crippen molar-refractivity contribution in [1.82, 2.24) is 19.8 Å². The Balaban J connectivity index is 1.37. The van der Waals surface area contributed by atoms with Crippen LogP contribution in [0.1, 0.15) is 33.5 Å². The van der Waals surface area contributed by atoms with Crippen LogP contribution in [0.5, 0.6) is 5.75 Å². The Morgan fingerprint density at radius 3 is 2.26 bits per heavy atom. The van der Waals surface area contributed by atoms with Gasteiger partial charge in [-0.3, -0.25) is 9.59 Å². The minimum atomic E-state index is -0.410. The summed E-state index contributed by atoms with van der Waals surface area (Å²) in [4.78, 5) is 32.6. The van der Waals surface area contributed by atoms with E-state index in [1.165, 1.54) is 0 Å². The van der Waals surface area contributed by atoms with Crippen LogP contribution in [-0.2, 0) is 17.9 Å². The van der Waals surface area contributed by atoms with Crippen molar-refractivity contribution in [1.29, 1.82) is 0 Å². The number of imidazole rings is 1. The lowest BCUT2D eigenvalue weighted by Crippen LogP contribution is -2.44. The number of carbonyl (C=O) groups excluding carboxylic acids is 2. The van der Waals surface area contributed by atoms with E-state index in [-0.39, 0.29) is 18.4 Å². The van der Waals surface area contributed by atoms with Crippen LogP contribution in [0, 0.1) is 0 Å². The maximum absolute atomic E-state index is 13.2. The average Bonchev–Trinajstić information content (AvgIpc) is 3.36. The molecular formula is C28H26N4O3. The molecule has 0 fully saturated rings. The van der Waals surface area contributed by atoms with Crippen LogP contribution in [-0.4, -0.2) is 39.4 Å². The Bertz CT molecular complexity index is 1290. The SMILES string of the molecule is O=C(NCc1ccccc1)c1cn2c(n1)C(c1ccccc1)N(C(=O)COc1ccccc1)CC2. The fourth-order valence-corrected chi connectivity index (χ4v) is 4.27. The number of carbonyl (C=O) groups is 2. The van der Waals surface area contributed by atoms with Crippen LogP contribution in [0.3, 0.4) is 0 Å². The molecule has 0 aliphatic carbocycles. The molecule has 0 saturated carbocycles. The Kier molecular flexibility index (Phi) is 6.57. The molecule has 7 nitrogen and oxygen atoms in total. The second-order valence-electron chi connectivity index (χ2n) is 8.35. The topological polar surface area (TPSA) is 76.5 Å². The number of ether oxygens (including phenoxy) is 1. The van der Waals surface area contributed by atoms with E-state index >= 15 is 0 Å². The predicted octanol–water partition coefficient (Wildman–Crippen LogP) is 3.82. The quantitative estimate of drug-likeness (QED) is 0.449. The van der Waals surface area contributed by atoms with Gasteiger partial charge < -0.3 is 19.5 Å². The van der Waals surface area contributed by atoms with Crippen molar-refractivity contribution in [2.75, 3.05) is 13.2 Å². The summed E-state index contributed by atoms with van der Waals surface area (Å²) in [6.45, 7) is 1.39. The highest BCUT2D eigenvalue weighted by molar-refractivity contribution is 5.92. The van der Waals surface area contributed by atoms with Crippen molar-refractivity contribution in [2.45, 2.75) is 19.1 Å². The summed E-state index contributed by atoms with van der Waals surface area (Å²) in [6, 6.07) is 28.4. The van der Waals surface area contributed by atoms with Gasteiger partial charge in [-0.05, 0) is 23.3 Å². The molecule has 4 aromatic rings. The lowest BCUT2D eigenvalue weighted by Gasteiger charge is -2.36. The fraction of sp³-hybridized carbons (Fsp3) is 0.179. The van der Waals surface area contributed by atoms with Crippen LogP contribution >= 0.6 is 0 Å². The Morgan fingerprint density at radius 2 is 1.54 bits per heavy atom. The summed E-state index contributed by atoms with van der Waals surface area (Å²) in [6.07, 6.45) is 1.77. The lowest BCUT2D eigenvalue weighted by molar-refractivity contribution is -0.136. The van der Waals surface area contributed by atoms with E-state index in [4.69, 9.17) is 4.74 Å². The number of para-hydroxylation sites is 1. The first-order valence-corrected chi connectivity index (χ1v) is 11.6. The largest absolute Gasteiger partial charge is 0.484 e. The molecule has 1 aromatic heterocycles. The molecule has 7 heteroatoms. The first kappa shape index (κ1) is 22.4. The molecule has 2 heterocycles. The maximum Gasteiger partial charge on any atom is 0.271 e. The highest BCUT2D eigenvalue weighted by Gasteiger charge is 2.35. The molecule has 0 saturated heterocycles. The third-order valence-electron chi connectivity index (χ3n) is 6.02. The molecule has 1 N–H and O–H groups in total. The molecule has 0 spiro atoms. The summed E-state index contributed by atoms with van der Waals surface area (Å²) < 4.78 is 7.70. The Hall–Kier alpha value is -4.39. The molecule has 35 heavy (non-hydrogen) atoms. The van der Waals surface area contributed by atoms with Gasteiger partial charge in [-0.1, -0.05) is 78.9 Å². The third kappa shape index (κ3) is 5.09. The van der Waals surface area contributed by atoms with Gasteiger partial charge in [0.2, 0.25) is 0 Å². The van der Waals surface area contributed by atoms with Gasteiger partial charge in [0, 0.05) is 25.8 Å². The number of hydrogen-bond donors (Lipinski definition) is 1. The normalized spacial score (nSPS) is 14.7. The van der Waals surface area contributed by atoms with Gasteiger partial charge in [0.15, 0.2) is 6.61 Å². The van der Waals surface area contributed by atoms with E-state index in [0.29, 0.717) is 36.9 Å². The van der Waals surface area contributed by atoms with Crippen LogP contribution in [0.2, 0.25) is 0 Å². The van der Waals surface area contributed by atoms with E-state index in [2.05, 4.69) is 10.3 Å². The second kappa shape index (κ2) is 10.3. The zero-order valence-corrected chi connectivity index (χ0v) is 19.2. The molecule has 1 unspecified atom stereocenters. The van der Waals surface area contributed by atoms with Crippen molar-refractivity contribution in [2.24, 2.45) is 0 Å². The number of aromatic nitrogens is 2. The monoisotopic (exact) mass is 466 g/mol. The van der Waals surface area contributed by atoms with Crippen molar-refractivity contribution >= 4 is 11.8 Å². The van der Waals surface area contributed by atoms with Gasteiger partial charge in [-0.25, -0.2) is 4.98 Å². The smallest absolute Gasteiger partial charge is 0.271 e. The van der Waals surface area contributed by atoms with Crippen molar-refractivity contribution in [3.05, 3.63) is 120 Å². The van der Waals surface area contributed by atoms with E-state index in [0.717, 1.165) is 11.1 Å². The number of rotatable bonds is 7. The summed E-state index contributed by atoms with van der Waals surface area (Å²) in [7, 11) is 0. The number of benzene rings is 3. The standard InChI is InChI=1S/C28H26N4O3/c33-25(20-35-23-14-8-3-9-15-23)32-17-16-31-19-24(28(34)29-18-21-10-4-1-5-11-21)30-27(31)26(32)22-12-6-2-7-13-22/h1-15,19,26H,16-18,20H2,(H,29,34). The van der Waals surface area contributed by atoms with Crippen LogP contribution in [0.25, 0.3) is 0 Å². The number of nitrogens with zero attached hydrogens (tertiary/aromatic N) is 3. The van der Waals surface area contributed by atoms with Gasteiger partial charge >= 0.3 is 0 Å². The van der Waals surface area contributed by atoms with E-state index in [9.17, 15) is 9.59 Å². The molecule has 1 atom stereocenters. The molecular weight excluding hydrogens is 440 g/mol. The first-order valence-electron chi connectivity index (χ1n) is 11.6. The molecule has 5 rings (SSSR count). The highest BCUT2D eigenvalue weighted by Crippen LogP contribution is 2.31. The molecule has 3 aromatic carbocycles. The number of amides is 2. The van der Waals surface area contributed by atoms with Gasteiger partial charge in [0.05, 0.1) is 0 Å².